The topological polar surface area (TPSA) is 93.5 Å². The van der Waals surface area contributed by atoms with E-state index in [0.29, 0.717) is 12.2 Å². The van der Waals surface area contributed by atoms with E-state index in [-0.39, 0.29) is 0 Å². The summed E-state index contributed by atoms with van der Waals surface area (Å²) in [6, 6.07) is 1.03. The summed E-state index contributed by atoms with van der Waals surface area (Å²) in [6.07, 6.45) is 2.28. The van der Waals surface area contributed by atoms with Crippen LogP contribution in [0.2, 0.25) is 0 Å². The van der Waals surface area contributed by atoms with Gasteiger partial charge in [-0.25, -0.2) is 9.59 Å². The zero-order chi connectivity index (χ0) is 17.5. The smallest absolute Gasteiger partial charge is 0.408 e. The van der Waals surface area contributed by atoms with Gasteiger partial charge in [0.25, 0.3) is 0 Å². The first kappa shape index (κ1) is 19.3. The van der Waals surface area contributed by atoms with Gasteiger partial charge in [0.1, 0.15) is 11.6 Å². The van der Waals surface area contributed by atoms with Crippen LogP contribution in [0.25, 0.3) is 0 Å². The summed E-state index contributed by atoms with van der Waals surface area (Å²) in [6.45, 7) is 5.20. The molecule has 1 heterocycles. The number of carbonyl (C=O) groups excluding carboxylic acids is 1. The Morgan fingerprint density at radius 3 is 2.65 bits per heavy atom. The van der Waals surface area contributed by atoms with Gasteiger partial charge < -0.3 is 15.2 Å². The van der Waals surface area contributed by atoms with Gasteiger partial charge in [0.05, 0.1) is 0 Å². The number of nitrogens with one attached hydrogen (secondary N) is 1. The number of carbonyl (C=O) groups is 2. The van der Waals surface area contributed by atoms with Gasteiger partial charge in [-0.15, -0.1) is 0 Å². The molecule has 1 atom stereocenters. The van der Waals surface area contributed by atoms with Gasteiger partial charge in [-0.3, -0.25) is 4.68 Å². The number of aryl methyl sites for hydroxylation is 2. The van der Waals surface area contributed by atoms with E-state index in [1.807, 2.05) is 17.8 Å². The minimum absolute atomic E-state index is 0.352. The highest BCUT2D eigenvalue weighted by Crippen LogP contribution is 2.11. The first-order valence-electron chi connectivity index (χ1n) is 7.46. The van der Waals surface area contributed by atoms with E-state index in [0.717, 1.165) is 17.9 Å². The number of aromatic nitrogens is 2. The average Bonchev–Trinajstić information content (AvgIpc) is 2.80. The molecule has 1 aromatic rings. The van der Waals surface area contributed by atoms with E-state index in [1.165, 1.54) is 0 Å². The monoisotopic (exact) mass is 343 g/mol. The number of hydrogen-bond acceptors (Lipinski definition) is 5. The third-order valence-electron chi connectivity index (χ3n) is 2.96. The largest absolute Gasteiger partial charge is 0.480 e. The van der Waals surface area contributed by atoms with Crippen LogP contribution in [0.5, 0.6) is 0 Å². The molecule has 0 aliphatic heterocycles. The third kappa shape index (κ3) is 7.92. The van der Waals surface area contributed by atoms with E-state index in [9.17, 15) is 14.7 Å². The minimum Gasteiger partial charge on any atom is -0.480 e. The van der Waals surface area contributed by atoms with Crippen LogP contribution in [0.15, 0.2) is 12.3 Å². The first-order valence-corrected chi connectivity index (χ1v) is 8.61. The number of rotatable bonds is 8. The zero-order valence-corrected chi connectivity index (χ0v) is 14.9. The Hall–Kier alpha value is -1.70. The summed E-state index contributed by atoms with van der Waals surface area (Å²) in [7, 11) is 1.89. The Morgan fingerprint density at radius 1 is 1.43 bits per heavy atom. The fraction of sp³-hybridized carbons (Fsp3) is 0.667. The molecule has 0 saturated carbocycles. The summed E-state index contributed by atoms with van der Waals surface area (Å²) in [5, 5.41) is 15.7. The fourth-order valence-corrected chi connectivity index (χ4v) is 2.79. The Morgan fingerprint density at radius 2 is 2.13 bits per heavy atom. The molecule has 8 heteroatoms. The second kappa shape index (κ2) is 8.81. The van der Waals surface area contributed by atoms with Gasteiger partial charge in [-0.05, 0) is 51.2 Å². The van der Waals surface area contributed by atoms with Crippen LogP contribution in [0, 0.1) is 0 Å². The predicted molar refractivity (Wildman–Crippen MR) is 89.6 cm³/mol. The van der Waals surface area contributed by atoms with Crippen molar-refractivity contribution >= 4 is 23.8 Å². The van der Waals surface area contributed by atoms with Crippen molar-refractivity contribution in [2.75, 3.05) is 11.5 Å². The molecule has 2 N–H and O–H groups in total. The molecule has 1 amide bonds. The Balaban J connectivity index is 2.29. The summed E-state index contributed by atoms with van der Waals surface area (Å²) >= 11 is 1.65. The van der Waals surface area contributed by atoms with Crippen LogP contribution in [0.4, 0.5) is 4.79 Å². The van der Waals surface area contributed by atoms with Crippen molar-refractivity contribution in [1.29, 1.82) is 0 Å². The molecule has 7 nitrogen and oxygen atoms in total. The fourth-order valence-electron chi connectivity index (χ4n) is 1.83. The van der Waals surface area contributed by atoms with Crippen molar-refractivity contribution in [2.45, 2.75) is 45.3 Å². The Kier molecular flexibility index (Phi) is 7.41. The molecule has 130 valence electrons. The molecule has 1 rings (SSSR count). The van der Waals surface area contributed by atoms with E-state index in [4.69, 9.17) is 4.74 Å². The lowest BCUT2D eigenvalue weighted by molar-refractivity contribution is -0.139. The van der Waals surface area contributed by atoms with Crippen molar-refractivity contribution in [1.82, 2.24) is 15.1 Å². The molecule has 23 heavy (non-hydrogen) atoms. The Labute approximate surface area is 140 Å². The molecular weight excluding hydrogens is 318 g/mol. The summed E-state index contributed by atoms with van der Waals surface area (Å²) < 4.78 is 6.90. The lowest BCUT2D eigenvalue weighted by atomic mass is 10.2. The molecule has 1 aromatic heterocycles. The maximum absolute atomic E-state index is 11.6. The Bertz CT molecular complexity index is 525. The van der Waals surface area contributed by atoms with E-state index in [2.05, 4.69) is 10.4 Å². The lowest BCUT2D eigenvalue weighted by Gasteiger charge is -2.21. The molecule has 0 fully saturated rings. The van der Waals surface area contributed by atoms with Gasteiger partial charge in [0.15, 0.2) is 0 Å². The highest BCUT2D eigenvalue weighted by atomic mass is 32.2. The normalized spacial score (nSPS) is 12.7. The van der Waals surface area contributed by atoms with Crippen molar-refractivity contribution in [3.63, 3.8) is 0 Å². The van der Waals surface area contributed by atoms with Crippen molar-refractivity contribution in [3.8, 4) is 0 Å². The predicted octanol–water partition coefficient (Wildman–Crippen LogP) is 2.06. The molecule has 0 saturated heterocycles. The molecule has 0 radical (unpaired) electrons. The van der Waals surface area contributed by atoms with Crippen LogP contribution in [0.1, 0.15) is 32.9 Å². The second-order valence-electron chi connectivity index (χ2n) is 6.13. The molecule has 0 bridgehead atoms. The maximum Gasteiger partial charge on any atom is 0.408 e. The van der Waals surface area contributed by atoms with Crippen LogP contribution in [-0.4, -0.2) is 50.1 Å². The van der Waals surface area contributed by atoms with Crippen molar-refractivity contribution in [3.05, 3.63) is 18.0 Å². The van der Waals surface area contributed by atoms with Gasteiger partial charge >= 0.3 is 12.1 Å². The van der Waals surface area contributed by atoms with Crippen LogP contribution in [-0.2, 0) is 23.0 Å². The molecule has 0 aliphatic rings. The molecule has 0 aromatic carbocycles. The van der Waals surface area contributed by atoms with Gasteiger partial charge in [0.2, 0.25) is 0 Å². The summed E-state index contributed by atoms with van der Waals surface area (Å²) in [4.78, 5) is 22.8. The number of aliphatic carboxylic acids is 1. The summed E-state index contributed by atoms with van der Waals surface area (Å²) in [5.41, 5.74) is 0.490. The number of amides is 1. The number of thioether (sulfide) groups is 1. The molecular formula is C15H25N3O4S. The van der Waals surface area contributed by atoms with Gasteiger partial charge in [0, 0.05) is 18.9 Å². The van der Waals surface area contributed by atoms with E-state index >= 15 is 0 Å². The standard InChI is InChI=1S/C15H25N3O4S/c1-15(2,3)22-14(21)17-12(13(19)20)7-10-23-9-6-11-5-8-16-18(11)4/h5,8,12H,6-7,9-10H2,1-4H3,(H,17,21)(H,19,20). The number of alkyl carbamates (subject to hydrolysis) is 1. The van der Waals surface area contributed by atoms with Crippen LogP contribution >= 0.6 is 11.8 Å². The minimum atomic E-state index is -1.05. The lowest BCUT2D eigenvalue weighted by Crippen LogP contribution is -2.43. The van der Waals surface area contributed by atoms with Crippen LogP contribution in [0.3, 0.4) is 0 Å². The van der Waals surface area contributed by atoms with Gasteiger partial charge in [-0.1, -0.05) is 0 Å². The number of ether oxygens (including phenoxy) is 1. The maximum atomic E-state index is 11.6. The van der Waals surface area contributed by atoms with Crippen LogP contribution < -0.4 is 5.32 Å². The van der Waals surface area contributed by atoms with Gasteiger partial charge in [-0.2, -0.15) is 16.9 Å². The van der Waals surface area contributed by atoms with Crippen molar-refractivity contribution < 1.29 is 19.4 Å². The first-order chi connectivity index (χ1) is 10.7. The van der Waals surface area contributed by atoms with E-state index < -0.39 is 23.7 Å². The summed E-state index contributed by atoms with van der Waals surface area (Å²) in [5.74, 6) is 0.464. The van der Waals surface area contributed by atoms with E-state index in [1.54, 1.807) is 38.7 Å². The number of carboxylic acids is 1. The quantitative estimate of drug-likeness (QED) is 0.702. The number of carboxylic acid groups (broad SMARTS) is 1. The average molecular weight is 343 g/mol. The molecule has 1 unspecified atom stereocenters. The SMILES string of the molecule is Cn1nccc1CCSCCC(NC(=O)OC(C)(C)C)C(=O)O. The molecule has 0 aliphatic carbocycles. The molecule has 0 spiro atoms. The zero-order valence-electron chi connectivity index (χ0n) is 14.0. The number of nitrogens with zero attached hydrogens (tertiary/aromatic N) is 2. The number of hydrogen-bond donors (Lipinski definition) is 2. The third-order valence-corrected chi connectivity index (χ3v) is 3.98. The van der Waals surface area contributed by atoms with Crippen molar-refractivity contribution in [2.24, 2.45) is 7.05 Å². The second-order valence-corrected chi connectivity index (χ2v) is 7.36. The highest BCUT2D eigenvalue weighted by Gasteiger charge is 2.23. The highest BCUT2D eigenvalue weighted by molar-refractivity contribution is 7.99.